The van der Waals surface area contributed by atoms with E-state index >= 15 is 0 Å². The van der Waals surface area contributed by atoms with Crippen LogP contribution in [0, 0.1) is 0 Å². The number of hydrogen-bond acceptors (Lipinski definition) is 3. The van der Waals surface area contributed by atoms with Gasteiger partial charge in [0.25, 0.3) is 5.91 Å². The number of carbonyl (C=O) groups excluding carboxylic acids is 1. The molecule has 0 unspecified atom stereocenters. The Hall–Kier alpha value is -2.66. The highest BCUT2D eigenvalue weighted by Crippen LogP contribution is 2.16. The first-order valence-electron chi connectivity index (χ1n) is 8.36. The maximum Gasteiger partial charge on any atom is 0.251 e. The predicted octanol–water partition coefficient (Wildman–Crippen LogP) is 2.51. The van der Waals surface area contributed by atoms with Crippen LogP contribution in [0.15, 0.2) is 54.7 Å². The summed E-state index contributed by atoms with van der Waals surface area (Å²) in [5, 5.41) is 12.1. The lowest BCUT2D eigenvalue weighted by molar-refractivity contribution is 0.0929. The summed E-state index contributed by atoms with van der Waals surface area (Å²) < 4.78 is 1.85. The fraction of sp³-hybridized carbons (Fsp3) is 0.263. The number of aromatic nitrogens is 2. The number of carbonyl (C=O) groups is 1. The Balaban J connectivity index is 1.50. The second-order valence-corrected chi connectivity index (χ2v) is 6.18. The van der Waals surface area contributed by atoms with Gasteiger partial charge in [-0.3, -0.25) is 4.79 Å². The SMILES string of the molecule is O=C(NC1CCNCC1)c1ccc(-n2cc3ccccc3n2)cc1. The molecule has 24 heavy (non-hydrogen) atoms. The number of nitrogens with zero attached hydrogens (tertiary/aromatic N) is 2. The van der Waals surface area contributed by atoms with E-state index in [9.17, 15) is 4.79 Å². The van der Waals surface area contributed by atoms with Gasteiger partial charge in [-0.1, -0.05) is 18.2 Å². The Morgan fingerprint density at radius 1 is 1.08 bits per heavy atom. The number of piperidine rings is 1. The minimum Gasteiger partial charge on any atom is -0.349 e. The van der Waals surface area contributed by atoms with Crippen LogP contribution in [0.25, 0.3) is 16.6 Å². The molecule has 0 bridgehead atoms. The van der Waals surface area contributed by atoms with Crippen LogP contribution in [0.1, 0.15) is 23.2 Å². The molecule has 1 aliphatic rings. The van der Waals surface area contributed by atoms with Crippen LogP contribution in [0.2, 0.25) is 0 Å². The molecule has 122 valence electrons. The number of amides is 1. The second kappa shape index (κ2) is 6.45. The molecule has 0 saturated carbocycles. The van der Waals surface area contributed by atoms with E-state index < -0.39 is 0 Å². The summed E-state index contributed by atoms with van der Waals surface area (Å²) in [6.45, 7) is 1.94. The molecule has 0 radical (unpaired) electrons. The number of nitrogens with one attached hydrogen (secondary N) is 2. The molecular formula is C19H20N4O. The minimum atomic E-state index is -0.000855. The van der Waals surface area contributed by atoms with Crippen molar-refractivity contribution in [3.8, 4) is 5.69 Å². The molecule has 5 nitrogen and oxygen atoms in total. The van der Waals surface area contributed by atoms with E-state index in [1.165, 1.54) is 0 Å². The summed E-state index contributed by atoms with van der Waals surface area (Å²) in [6.07, 6.45) is 3.98. The first-order valence-corrected chi connectivity index (χ1v) is 8.36. The summed E-state index contributed by atoms with van der Waals surface area (Å²) >= 11 is 0. The largest absolute Gasteiger partial charge is 0.349 e. The molecule has 1 aliphatic heterocycles. The van der Waals surface area contributed by atoms with E-state index in [4.69, 9.17) is 0 Å². The van der Waals surface area contributed by atoms with Gasteiger partial charge in [-0.15, -0.1) is 0 Å². The van der Waals surface area contributed by atoms with Crippen LogP contribution in [0.5, 0.6) is 0 Å². The topological polar surface area (TPSA) is 59.0 Å². The van der Waals surface area contributed by atoms with Gasteiger partial charge in [-0.25, -0.2) is 4.68 Å². The molecule has 3 aromatic rings. The quantitative estimate of drug-likeness (QED) is 0.779. The lowest BCUT2D eigenvalue weighted by atomic mass is 10.1. The van der Waals surface area contributed by atoms with E-state index in [0.717, 1.165) is 42.5 Å². The van der Waals surface area contributed by atoms with Crippen LogP contribution in [-0.4, -0.2) is 34.8 Å². The zero-order valence-electron chi connectivity index (χ0n) is 13.4. The third-order valence-electron chi connectivity index (χ3n) is 4.48. The Morgan fingerprint density at radius 2 is 1.83 bits per heavy atom. The Labute approximate surface area is 140 Å². The maximum absolute atomic E-state index is 12.3. The van der Waals surface area contributed by atoms with E-state index in [0.29, 0.717) is 5.56 Å². The zero-order valence-corrected chi connectivity index (χ0v) is 13.4. The van der Waals surface area contributed by atoms with Crippen molar-refractivity contribution in [3.63, 3.8) is 0 Å². The Bertz CT molecular complexity index is 814. The first kappa shape index (κ1) is 14.9. The predicted molar refractivity (Wildman–Crippen MR) is 94.4 cm³/mol. The zero-order chi connectivity index (χ0) is 16.4. The van der Waals surface area contributed by atoms with Gasteiger partial charge in [0, 0.05) is 23.2 Å². The van der Waals surface area contributed by atoms with Crippen LogP contribution < -0.4 is 10.6 Å². The van der Waals surface area contributed by atoms with E-state index in [2.05, 4.69) is 15.7 Å². The van der Waals surface area contributed by atoms with Crippen LogP contribution in [-0.2, 0) is 0 Å². The van der Waals surface area contributed by atoms with Crippen molar-refractivity contribution >= 4 is 16.8 Å². The Morgan fingerprint density at radius 3 is 2.58 bits per heavy atom. The minimum absolute atomic E-state index is 0.000855. The molecule has 2 aromatic carbocycles. The highest BCUT2D eigenvalue weighted by molar-refractivity contribution is 5.94. The van der Waals surface area contributed by atoms with Gasteiger partial charge >= 0.3 is 0 Å². The van der Waals surface area contributed by atoms with Gasteiger partial charge in [0.15, 0.2) is 0 Å². The van der Waals surface area contributed by atoms with Gasteiger partial charge in [0.2, 0.25) is 0 Å². The molecule has 0 aliphatic carbocycles. The van der Waals surface area contributed by atoms with E-state index in [-0.39, 0.29) is 11.9 Å². The van der Waals surface area contributed by atoms with Gasteiger partial charge in [0.1, 0.15) is 0 Å². The maximum atomic E-state index is 12.3. The normalized spacial score (nSPS) is 15.5. The summed E-state index contributed by atoms with van der Waals surface area (Å²) in [6, 6.07) is 15.9. The van der Waals surface area contributed by atoms with Crippen LogP contribution in [0.4, 0.5) is 0 Å². The van der Waals surface area contributed by atoms with Gasteiger partial charge in [-0.2, -0.15) is 5.10 Å². The van der Waals surface area contributed by atoms with Gasteiger partial charge < -0.3 is 10.6 Å². The van der Waals surface area contributed by atoms with Crippen molar-refractivity contribution in [1.29, 1.82) is 0 Å². The number of fused-ring (bicyclic) bond motifs is 1. The summed E-state index contributed by atoms with van der Waals surface area (Å²) in [7, 11) is 0. The molecule has 5 heteroatoms. The van der Waals surface area contributed by atoms with Crippen molar-refractivity contribution in [2.24, 2.45) is 0 Å². The second-order valence-electron chi connectivity index (χ2n) is 6.18. The summed E-state index contributed by atoms with van der Waals surface area (Å²) in [5.41, 5.74) is 2.60. The van der Waals surface area contributed by atoms with Crippen molar-refractivity contribution < 1.29 is 4.79 Å². The third-order valence-corrected chi connectivity index (χ3v) is 4.48. The number of rotatable bonds is 3. The average Bonchev–Trinajstić information content (AvgIpc) is 3.07. The molecule has 2 N–H and O–H groups in total. The summed E-state index contributed by atoms with van der Waals surface area (Å²) in [4.78, 5) is 12.3. The lowest BCUT2D eigenvalue weighted by Gasteiger charge is -2.23. The molecule has 1 saturated heterocycles. The van der Waals surface area contributed by atoms with Crippen molar-refractivity contribution in [1.82, 2.24) is 20.4 Å². The van der Waals surface area contributed by atoms with E-state index in [1.54, 1.807) is 0 Å². The molecule has 1 amide bonds. The third kappa shape index (κ3) is 3.03. The van der Waals surface area contributed by atoms with Crippen molar-refractivity contribution in [3.05, 3.63) is 60.3 Å². The van der Waals surface area contributed by atoms with Gasteiger partial charge in [-0.05, 0) is 56.3 Å². The lowest BCUT2D eigenvalue weighted by Crippen LogP contribution is -2.42. The van der Waals surface area contributed by atoms with Crippen LogP contribution >= 0.6 is 0 Å². The number of benzene rings is 2. The Kier molecular flexibility index (Phi) is 4.01. The highest BCUT2D eigenvalue weighted by Gasteiger charge is 2.16. The molecule has 1 fully saturated rings. The average molecular weight is 320 g/mol. The smallest absolute Gasteiger partial charge is 0.251 e. The molecule has 0 spiro atoms. The fourth-order valence-electron chi connectivity index (χ4n) is 3.10. The first-order chi connectivity index (χ1) is 11.8. The molecular weight excluding hydrogens is 300 g/mol. The molecule has 1 aromatic heterocycles. The van der Waals surface area contributed by atoms with Gasteiger partial charge in [0.05, 0.1) is 11.2 Å². The van der Waals surface area contributed by atoms with E-state index in [1.807, 2.05) is 59.4 Å². The molecule has 0 atom stereocenters. The fourth-order valence-corrected chi connectivity index (χ4v) is 3.10. The standard InChI is InChI=1S/C19H20N4O/c24-19(21-16-9-11-20-12-10-16)14-5-7-17(8-6-14)23-13-15-3-1-2-4-18(15)22-23/h1-8,13,16,20H,9-12H2,(H,21,24). The van der Waals surface area contributed by atoms with Crippen molar-refractivity contribution in [2.75, 3.05) is 13.1 Å². The number of hydrogen-bond donors (Lipinski definition) is 2. The molecule has 4 rings (SSSR count). The monoisotopic (exact) mass is 320 g/mol. The van der Waals surface area contributed by atoms with Crippen molar-refractivity contribution in [2.45, 2.75) is 18.9 Å². The summed E-state index contributed by atoms with van der Waals surface area (Å²) in [5.74, 6) is -0.000855. The van der Waals surface area contributed by atoms with Crippen LogP contribution in [0.3, 0.4) is 0 Å². The molecule has 2 heterocycles. The highest BCUT2D eigenvalue weighted by atomic mass is 16.1.